The Hall–Kier alpha value is -2.13. The molecule has 2 rings (SSSR count). The summed E-state index contributed by atoms with van der Waals surface area (Å²) in [5.74, 6) is -0.365. The zero-order valence-electron chi connectivity index (χ0n) is 9.05. The van der Waals surface area contributed by atoms with Crippen LogP contribution in [0.2, 0.25) is 0 Å². The Kier molecular flexibility index (Phi) is 3.21. The number of amides is 1. The summed E-state index contributed by atoms with van der Waals surface area (Å²) in [7, 11) is 0. The molecule has 0 aliphatic carbocycles. The first kappa shape index (κ1) is 11.4. The van der Waals surface area contributed by atoms with Crippen molar-refractivity contribution < 1.29 is 9.53 Å². The van der Waals surface area contributed by atoms with E-state index in [0.717, 1.165) is 0 Å². The molecule has 1 aromatic rings. The summed E-state index contributed by atoms with van der Waals surface area (Å²) in [6.07, 6.45) is 2.23. The Morgan fingerprint density at radius 3 is 3.18 bits per heavy atom. The number of carbonyl (C=O) groups is 1. The number of nitrogens with zero attached hydrogens (tertiary/aromatic N) is 2. The highest BCUT2D eigenvalue weighted by Crippen LogP contribution is 2.07. The smallest absolute Gasteiger partial charge is 0.259 e. The maximum Gasteiger partial charge on any atom is 0.259 e. The minimum absolute atomic E-state index is 0.0890. The van der Waals surface area contributed by atoms with Crippen LogP contribution in [0.4, 0.5) is 0 Å². The van der Waals surface area contributed by atoms with Gasteiger partial charge in [0.1, 0.15) is 5.56 Å². The number of aromatic amines is 1. The van der Waals surface area contributed by atoms with Crippen LogP contribution in [-0.4, -0.2) is 41.6 Å². The first-order valence-electron chi connectivity index (χ1n) is 5.20. The van der Waals surface area contributed by atoms with Crippen LogP contribution in [0.25, 0.3) is 0 Å². The lowest BCUT2D eigenvalue weighted by Crippen LogP contribution is -2.46. The van der Waals surface area contributed by atoms with E-state index in [1.54, 1.807) is 0 Å². The van der Waals surface area contributed by atoms with Gasteiger partial charge in [0, 0.05) is 25.0 Å². The third-order valence-electron chi connectivity index (χ3n) is 2.55. The van der Waals surface area contributed by atoms with Gasteiger partial charge >= 0.3 is 0 Å². The average Bonchev–Trinajstić information content (AvgIpc) is 2.38. The van der Waals surface area contributed by atoms with E-state index in [1.807, 2.05) is 6.07 Å². The molecule has 1 fully saturated rings. The van der Waals surface area contributed by atoms with Crippen molar-refractivity contribution in [1.29, 1.82) is 5.26 Å². The minimum atomic E-state index is -0.615. The number of hydrogen-bond acceptors (Lipinski definition) is 4. The third-order valence-corrected chi connectivity index (χ3v) is 2.55. The van der Waals surface area contributed by atoms with Gasteiger partial charge in [-0.1, -0.05) is 0 Å². The maximum absolute atomic E-state index is 12.0. The van der Waals surface area contributed by atoms with Crippen molar-refractivity contribution >= 4 is 5.91 Å². The van der Waals surface area contributed by atoms with E-state index < -0.39 is 6.10 Å². The molecule has 17 heavy (non-hydrogen) atoms. The SMILES string of the molecule is N#CC1CN(C(=O)c2c[nH]ccc2=O)CCO1. The molecule has 1 aromatic heterocycles. The number of morpholine rings is 1. The lowest BCUT2D eigenvalue weighted by Gasteiger charge is -2.29. The molecule has 1 aliphatic heterocycles. The normalized spacial score (nSPS) is 19.7. The summed E-state index contributed by atoms with van der Waals surface area (Å²) in [5, 5.41) is 8.73. The number of carbonyl (C=O) groups excluding carboxylic acids is 1. The zero-order chi connectivity index (χ0) is 12.3. The fourth-order valence-electron chi connectivity index (χ4n) is 1.67. The van der Waals surface area contributed by atoms with Crippen LogP contribution in [-0.2, 0) is 4.74 Å². The van der Waals surface area contributed by atoms with Gasteiger partial charge in [0.05, 0.1) is 19.2 Å². The van der Waals surface area contributed by atoms with Crippen LogP contribution in [0.15, 0.2) is 23.3 Å². The molecule has 6 nitrogen and oxygen atoms in total. The molecule has 0 spiro atoms. The molecular weight excluding hydrogens is 222 g/mol. The number of H-pyrrole nitrogens is 1. The third kappa shape index (κ3) is 2.34. The monoisotopic (exact) mass is 233 g/mol. The fourth-order valence-corrected chi connectivity index (χ4v) is 1.67. The van der Waals surface area contributed by atoms with Gasteiger partial charge in [0.25, 0.3) is 5.91 Å². The van der Waals surface area contributed by atoms with Crippen molar-refractivity contribution in [2.45, 2.75) is 6.10 Å². The van der Waals surface area contributed by atoms with Gasteiger partial charge in [0.2, 0.25) is 0 Å². The second-order valence-corrected chi connectivity index (χ2v) is 3.66. The Morgan fingerprint density at radius 2 is 2.47 bits per heavy atom. The Labute approximate surface area is 97.4 Å². The minimum Gasteiger partial charge on any atom is -0.367 e. The number of hydrogen-bond donors (Lipinski definition) is 1. The molecule has 6 heteroatoms. The van der Waals surface area contributed by atoms with E-state index in [2.05, 4.69) is 4.98 Å². The van der Waals surface area contributed by atoms with Gasteiger partial charge in [-0.2, -0.15) is 5.26 Å². The highest BCUT2D eigenvalue weighted by atomic mass is 16.5. The zero-order valence-corrected chi connectivity index (χ0v) is 9.05. The van der Waals surface area contributed by atoms with Crippen molar-refractivity contribution in [2.24, 2.45) is 0 Å². The molecule has 1 saturated heterocycles. The molecule has 0 radical (unpaired) electrons. The van der Waals surface area contributed by atoms with Crippen LogP contribution in [0.1, 0.15) is 10.4 Å². The number of rotatable bonds is 1. The number of pyridine rings is 1. The van der Waals surface area contributed by atoms with Gasteiger partial charge in [-0.25, -0.2) is 0 Å². The standard InChI is InChI=1S/C11H11N3O3/c12-5-8-7-14(3-4-17-8)11(16)9-6-13-2-1-10(9)15/h1-2,6,8H,3-4,7H2,(H,13,15). The molecule has 2 heterocycles. The second kappa shape index (κ2) is 4.80. The van der Waals surface area contributed by atoms with Crippen LogP contribution in [0, 0.1) is 11.3 Å². The predicted molar refractivity (Wildman–Crippen MR) is 58.3 cm³/mol. The Balaban J connectivity index is 2.19. The Morgan fingerprint density at radius 1 is 1.65 bits per heavy atom. The first-order valence-corrected chi connectivity index (χ1v) is 5.20. The van der Waals surface area contributed by atoms with Gasteiger partial charge in [0.15, 0.2) is 11.5 Å². The lowest BCUT2D eigenvalue weighted by molar-refractivity contribution is 0.00339. The van der Waals surface area contributed by atoms with E-state index in [4.69, 9.17) is 10.00 Å². The van der Waals surface area contributed by atoms with Gasteiger partial charge in [-0.05, 0) is 0 Å². The molecule has 1 aliphatic rings. The quantitative estimate of drug-likeness (QED) is 0.724. The average molecular weight is 233 g/mol. The van der Waals surface area contributed by atoms with Crippen LogP contribution in [0.5, 0.6) is 0 Å². The fraction of sp³-hybridized carbons (Fsp3) is 0.364. The largest absolute Gasteiger partial charge is 0.367 e. The first-order chi connectivity index (χ1) is 8.22. The number of ether oxygens (including phenoxy) is 1. The topological polar surface area (TPSA) is 86.2 Å². The van der Waals surface area contributed by atoms with Crippen molar-refractivity contribution in [2.75, 3.05) is 19.7 Å². The highest BCUT2D eigenvalue weighted by molar-refractivity contribution is 5.93. The number of aromatic nitrogens is 1. The van der Waals surface area contributed by atoms with E-state index in [-0.39, 0.29) is 23.4 Å². The van der Waals surface area contributed by atoms with Gasteiger partial charge in [-0.3, -0.25) is 9.59 Å². The van der Waals surface area contributed by atoms with Crippen molar-refractivity contribution in [3.05, 3.63) is 34.2 Å². The van der Waals surface area contributed by atoms with E-state index >= 15 is 0 Å². The van der Waals surface area contributed by atoms with Crippen LogP contribution >= 0.6 is 0 Å². The number of nitrogens with one attached hydrogen (secondary N) is 1. The van der Waals surface area contributed by atoms with Crippen LogP contribution < -0.4 is 5.43 Å². The summed E-state index contributed by atoms with van der Waals surface area (Å²) >= 11 is 0. The highest BCUT2D eigenvalue weighted by Gasteiger charge is 2.25. The summed E-state index contributed by atoms with van der Waals surface area (Å²) in [6.45, 7) is 0.906. The molecule has 0 saturated carbocycles. The van der Waals surface area contributed by atoms with E-state index in [9.17, 15) is 9.59 Å². The summed E-state index contributed by atoms with van der Waals surface area (Å²) < 4.78 is 5.13. The molecule has 0 bridgehead atoms. The molecule has 1 N–H and O–H groups in total. The molecule has 88 valence electrons. The summed E-state index contributed by atoms with van der Waals surface area (Å²) in [4.78, 5) is 27.7. The van der Waals surface area contributed by atoms with Gasteiger partial charge in [-0.15, -0.1) is 0 Å². The van der Waals surface area contributed by atoms with E-state index in [1.165, 1.54) is 23.4 Å². The van der Waals surface area contributed by atoms with Crippen molar-refractivity contribution in [1.82, 2.24) is 9.88 Å². The Bertz CT molecular complexity index is 517. The lowest BCUT2D eigenvalue weighted by atomic mass is 10.2. The molecule has 1 atom stereocenters. The summed E-state index contributed by atoms with van der Waals surface area (Å²) in [6, 6.07) is 3.25. The number of nitriles is 1. The molecular formula is C11H11N3O3. The molecule has 1 amide bonds. The molecule has 1 unspecified atom stereocenters. The van der Waals surface area contributed by atoms with E-state index in [0.29, 0.717) is 13.2 Å². The summed E-state index contributed by atoms with van der Waals surface area (Å²) in [5.41, 5.74) is -0.236. The van der Waals surface area contributed by atoms with Crippen molar-refractivity contribution in [3.63, 3.8) is 0 Å². The second-order valence-electron chi connectivity index (χ2n) is 3.66. The van der Waals surface area contributed by atoms with Crippen molar-refractivity contribution in [3.8, 4) is 6.07 Å². The maximum atomic E-state index is 12.0. The molecule has 0 aromatic carbocycles. The van der Waals surface area contributed by atoms with Gasteiger partial charge < -0.3 is 14.6 Å². The van der Waals surface area contributed by atoms with Crippen LogP contribution in [0.3, 0.4) is 0 Å². The predicted octanol–water partition coefficient (Wildman–Crippen LogP) is -0.261.